The number of hydrogen-bond acceptors (Lipinski definition) is 3. The fourth-order valence-electron chi connectivity index (χ4n) is 2.05. The van der Waals surface area contributed by atoms with E-state index in [4.69, 9.17) is 0 Å². The third-order valence-corrected chi connectivity index (χ3v) is 4.10. The summed E-state index contributed by atoms with van der Waals surface area (Å²) in [6.45, 7) is 0. The second-order valence-corrected chi connectivity index (χ2v) is 5.23. The number of rotatable bonds is 2. The Labute approximate surface area is 114 Å². The Bertz CT molecular complexity index is 588. The molecule has 0 aliphatic carbocycles. The summed E-state index contributed by atoms with van der Waals surface area (Å²) in [5.41, 5.74) is 1.54. The molecule has 0 radical (unpaired) electrons. The lowest BCUT2D eigenvalue weighted by Crippen LogP contribution is -2.28. The molecule has 1 aliphatic heterocycles. The van der Waals surface area contributed by atoms with Crippen molar-refractivity contribution in [3.8, 4) is 0 Å². The van der Waals surface area contributed by atoms with Gasteiger partial charge in [-0.3, -0.25) is 14.7 Å². The van der Waals surface area contributed by atoms with E-state index >= 15 is 0 Å². The van der Waals surface area contributed by atoms with Crippen LogP contribution in [0.3, 0.4) is 0 Å². The van der Waals surface area contributed by atoms with Crippen LogP contribution in [0.4, 0.5) is 10.1 Å². The summed E-state index contributed by atoms with van der Waals surface area (Å²) in [6.07, 6.45) is 1.71. The number of amides is 1. The molecule has 3 rings (SSSR count). The Morgan fingerprint density at radius 3 is 2.68 bits per heavy atom. The van der Waals surface area contributed by atoms with Gasteiger partial charge in [-0.15, -0.1) is 11.8 Å². The van der Waals surface area contributed by atoms with E-state index in [-0.39, 0.29) is 17.1 Å². The Morgan fingerprint density at radius 1 is 1.21 bits per heavy atom. The van der Waals surface area contributed by atoms with Crippen LogP contribution in [-0.2, 0) is 4.79 Å². The van der Waals surface area contributed by atoms with Gasteiger partial charge in [-0.25, -0.2) is 4.39 Å². The van der Waals surface area contributed by atoms with E-state index in [9.17, 15) is 9.18 Å². The lowest BCUT2D eigenvalue weighted by molar-refractivity contribution is -0.115. The van der Waals surface area contributed by atoms with Gasteiger partial charge >= 0.3 is 0 Å². The monoisotopic (exact) mass is 274 g/mol. The van der Waals surface area contributed by atoms with E-state index in [1.165, 1.54) is 23.9 Å². The van der Waals surface area contributed by atoms with E-state index in [2.05, 4.69) is 4.98 Å². The van der Waals surface area contributed by atoms with Crippen molar-refractivity contribution in [1.82, 2.24) is 4.98 Å². The van der Waals surface area contributed by atoms with Crippen LogP contribution in [0.2, 0.25) is 0 Å². The van der Waals surface area contributed by atoms with Crippen molar-refractivity contribution in [2.45, 2.75) is 5.37 Å². The third kappa shape index (κ3) is 2.33. The molecular weight excluding hydrogens is 263 g/mol. The molecule has 0 N–H and O–H groups in total. The topological polar surface area (TPSA) is 33.2 Å². The van der Waals surface area contributed by atoms with Crippen LogP contribution in [0.1, 0.15) is 11.1 Å². The minimum absolute atomic E-state index is 0.0206. The zero-order chi connectivity index (χ0) is 13.2. The second kappa shape index (κ2) is 5.01. The molecule has 1 fully saturated rings. The quantitative estimate of drug-likeness (QED) is 0.844. The molecule has 0 saturated carbocycles. The Kier molecular flexibility index (Phi) is 3.21. The van der Waals surface area contributed by atoms with Crippen molar-refractivity contribution in [3.05, 3.63) is 60.2 Å². The number of anilines is 1. The molecule has 1 unspecified atom stereocenters. The highest BCUT2D eigenvalue weighted by Gasteiger charge is 2.34. The molecular formula is C14H11FN2OS. The maximum atomic E-state index is 13.0. The number of carbonyl (C=O) groups is 1. The molecule has 0 spiro atoms. The molecule has 19 heavy (non-hydrogen) atoms. The van der Waals surface area contributed by atoms with E-state index in [0.29, 0.717) is 11.4 Å². The molecule has 3 nitrogen and oxygen atoms in total. The van der Waals surface area contributed by atoms with Gasteiger partial charge < -0.3 is 0 Å². The van der Waals surface area contributed by atoms with Gasteiger partial charge in [-0.05, 0) is 36.4 Å². The number of pyridine rings is 1. The summed E-state index contributed by atoms with van der Waals surface area (Å²) in [6, 6.07) is 11.6. The number of halogens is 1. The van der Waals surface area contributed by atoms with E-state index in [1.807, 2.05) is 18.2 Å². The highest BCUT2D eigenvalue weighted by molar-refractivity contribution is 8.00. The van der Waals surface area contributed by atoms with Crippen LogP contribution in [0.15, 0.2) is 48.7 Å². The van der Waals surface area contributed by atoms with Crippen LogP contribution in [0.5, 0.6) is 0 Å². The summed E-state index contributed by atoms with van der Waals surface area (Å²) >= 11 is 1.53. The summed E-state index contributed by atoms with van der Waals surface area (Å²) in [5, 5.41) is -0.140. The largest absolute Gasteiger partial charge is 0.293 e. The van der Waals surface area contributed by atoms with E-state index in [0.717, 1.165) is 5.69 Å². The van der Waals surface area contributed by atoms with Crippen LogP contribution in [0.25, 0.3) is 0 Å². The Balaban J connectivity index is 1.97. The number of benzene rings is 1. The minimum Gasteiger partial charge on any atom is -0.293 e. The molecule has 1 aromatic heterocycles. The predicted molar refractivity (Wildman–Crippen MR) is 73.3 cm³/mol. The highest BCUT2D eigenvalue weighted by atomic mass is 32.2. The number of aromatic nitrogens is 1. The van der Waals surface area contributed by atoms with Gasteiger partial charge in [0, 0.05) is 11.9 Å². The predicted octanol–water partition coefficient (Wildman–Crippen LogP) is 3.00. The first kappa shape index (κ1) is 12.2. The van der Waals surface area contributed by atoms with E-state index in [1.54, 1.807) is 23.2 Å². The number of thioether (sulfide) groups is 1. The third-order valence-electron chi connectivity index (χ3n) is 2.91. The molecule has 2 aromatic rings. The molecule has 5 heteroatoms. The summed E-state index contributed by atoms with van der Waals surface area (Å²) < 4.78 is 13.0. The first-order valence-corrected chi connectivity index (χ1v) is 6.91. The average Bonchev–Trinajstić information content (AvgIpc) is 2.83. The molecule has 1 atom stereocenters. The van der Waals surface area contributed by atoms with Gasteiger partial charge in [0.05, 0.1) is 11.4 Å². The number of hydrogen-bond donors (Lipinski definition) is 0. The summed E-state index contributed by atoms with van der Waals surface area (Å²) in [5.74, 6) is 0.128. The Morgan fingerprint density at radius 2 is 2.00 bits per heavy atom. The first-order valence-electron chi connectivity index (χ1n) is 5.86. The van der Waals surface area contributed by atoms with Crippen LogP contribution in [-0.4, -0.2) is 16.6 Å². The molecule has 1 aliphatic rings. The maximum Gasteiger partial charge on any atom is 0.238 e. The average molecular weight is 274 g/mol. The van der Waals surface area contributed by atoms with Crippen molar-refractivity contribution in [3.63, 3.8) is 0 Å². The number of carbonyl (C=O) groups excluding carboxylic acids is 1. The van der Waals surface area contributed by atoms with Crippen LogP contribution < -0.4 is 4.90 Å². The molecule has 1 saturated heterocycles. The van der Waals surface area contributed by atoms with E-state index < -0.39 is 0 Å². The molecule has 1 aromatic carbocycles. The van der Waals surface area contributed by atoms with Gasteiger partial charge in [0.2, 0.25) is 5.91 Å². The Hall–Kier alpha value is -1.88. The highest BCUT2D eigenvalue weighted by Crippen LogP contribution is 2.40. The lowest BCUT2D eigenvalue weighted by atomic mass is 10.2. The minimum atomic E-state index is -0.308. The van der Waals surface area contributed by atoms with Crippen LogP contribution >= 0.6 is 11.8 Å². The lowest BCUT2D eigenvalue weighted by Gasteiger charge is -2.23. The fraction of sp³-hybridized carbons (Fsp3) is 0.143. The summed E-state index contributed by atoms with van der Waals surface area (Å²) in [7, 11) is 0. The SMILES string of the molecule is O=C1CSC(c2ccccn2)N1c1ccc(F)cc1. The van der Waals surface area contributed by atoms with Crippen molar-refractivity contribution in [2.24, 2.45) is 0 Å². The van der Waals surface area contributed by atoms with Crippen LogP contribution in [0, 0.1) is 5.82 Å². The fourth-order valence-corrected chi connectivity index (χ4v) is 3.18. The van der Waals surface area contributed by atoms with Crippen molar-refractivity contribution in [2.75, 3.05) is 10.7 Å². The van der Waals surface area contributed by atoms with Gasteiger partial charge in [-0.1, -0.05) is 6.07 Å². The zero-order valence-corrected chi connectivity index (χ0v) is 10.8. The van der Waals surface area contributed by atoms with Gasteiger partial charge in [-0.2, -0.15) is 0 Å². The molecule has 2 heterocycles. The standard InChI is InChI=1S/C14H11FN2OS/c15-10-4-6-11(7-5-10)17-13(18)9-19-14(17)12-3-1-2-8-16-12/h1-8,14H,9H2. The van der Waals surface area contributed by atoms with Crippen molar-refractivity contribution >= 4 is 23.4 Å². The maximum absolute atomic E-state index is 13.0. The molecule has 1 amide bonds. The smallest absolute Gasteiger partial charge is 0.238 e. The normalized spacial score (nSPS) is 18.9. The molecule has 96 valence electrons. The van der Waals surface area contributed by atoms with Crippen molar-refractivity contribution < 1.29 is 9.18 Å². The number of nitrogens with zero attached hydrogens (tertiary/aromatic N) is 2. The van der Waals surface area contributed by atoms with Gasteiger partial charge in [0.1, 0.15) is 11.2 Å². The first-order chi connectivity index (χ1) is 9.25. The molecule has 0 bridgehead atoms. The summed E-state index contributed by atoms with van der Waals surface area (Å²) in [4.78, 5) is 18.0. The second-order valence-electron chi connectivity index (χ2n) is 4.16. The van der Waals surface area contributed by atoms with Gasteiger partial charge in [0.25, 0.3) is 0 Å². The van der Waals surface area contributed by atoms with Gasteiger partial charge in [0.15, 0.2) is 0 Å². The van der Waals surface area contributed by atoms with Crippen molar-refractivity contribution in [1.29, 1.82) is 0 Å². The zero-order valence-electron chi connectivity index (χ0n) is 9.99.